The molecule has 20 heavy (non-hydrogen) atoms. The van der Waals surface area contributed by atoms with E-state index in [-0.39, 0.29) is 5.69 Å². The first-order valence-electron chi connectivity index (χ1n) is 5.76. The van der Waals surface area contributed by atoms with Crippen molar-refractivity contribution in [3.05, 3.63) is 47.7 Å². The molecular formula is C12H11BrClN3O2S. The van der Waals surface area contributed by atoms with Crippen LogP contribution in [0.5, 0.6) is 0 Å². The van der Waals surface area contributed by atoms with Gasteiger partial charge in [0.05, 0.1) is 13.7 Å². The summed E-state index contributed by atoms with van der Waals surface area (Å²) in [5.41, 5.74) is 0.569. The number of anilines is 1. The molecule has 0 aliphatic heterocycles. The van der Waals surface area contributed by atoms with E-state index in [1.165, 1.54) is 11.1 Å². The van der Waals surface area contributed by atoms with Gasteiger partial charge in [-0.3, -0.25) is 10.1 Å². The Morgan fingerprint density at radius 2 is 2.30 bits per heavy atom. The lowest BCUT2D eigenvalue weighted by atomic mass is 10.2. The molecule has 0 atom stereocenters. The van der Waals surface area contributed by atoms with Crippen LogP contribution in [0.15, 0.2) is 22.8 Å². The van der Waals surface area contributed by atoms with Crippen molar-refractivity contribution in [3.63, 3.8) is 0 Å². The third-order valence-electron chi connectivity index (χ3n) is 2.73. The monoisotopic (exact) mass is 375 g/mol. The minimum atomic E-state index is -0.440. The van der Waals surface area contributed by atoms with Crippen LogP contribution in [0, 0.1) is 17.0 Å². The first-order chi connectivity index (χ1) is 9.49. The van der Waals surface area contributed by atoms with E-state index in [4.69, 9.17) is 11.6 Å². The van der Waals surface area contributed by atoms with Crippen LogP contribution in [0.25, 0.3) is 0 Å². The second kappa shape index (κ2) is 6.51. The van der Waals surface area contributed by atoms with E-state index in [9.17, 15) is 10.1 Å². The lowest BCUT2D eigenvalue weighted by Crippen LogP contribution is -2.07. The second-order valence-electron chi connectivity index (χ2n) is 4.07. The van der Waals surface area contributed by atoms with Crippen LogP contribution in [0.4, 0.5) is 11.5 Å². The molecule has 0 aliphatic rings. The molecular weight excluding hydrogens is 366 g/mol. The van der Waals surface area contributed by atoms with E-state index in [1.807, 2.05) is 12.1 Å². The number of nitrogens with one attached hydrogen (secondary N) is 1. The Balaban J connectivity index is 2.03. The molecule has 0 saturated carbocycles. The minimum absolute atomic E-state index is 0.00691. The van der Waals surface area contributed by atoms with Crippen molar-refractivity contribution in [3.8, 4) is 0 Å². The predicted molar refractivity (Wildman–Crippen MR) is 84.9 cm³/mol. The van der Waals surface area contributed by atoms with Gasteiger partial charge in [-0.1, -0.05) is 11.6 Å². The normalized spacial score (nSPS) is 10.6. The van der Waals surface area contributed by atoms with Crippen molar-refractivity contribution < 1.29 is 4.92 Å². The molecule has 0 amide bonds. The van der Waals surface area contributed by atoms with Crippen molar-refractivity contribution in [2.45, 2.75) is 13.3 Å². The summed E-state index contributed by atoms with van der Waals surface area (Å²) in [4.78, 5) is 15.6. The van der Waals surface area contributed by atoms with Gasteiger partial charge in [0.2, 0.25) is 0 Å². The second-order valence-corrected chi connectivity index (χ2v) is 6.66. The zero-order valence-corrected chi connectivity index (χ0v) is 13.7. The number of aromatic nitrogens is 1. The molecule has 0 radical (unpaired) electrons. The standard InChI is InChI=1S/C12H11BrClN3O2S/c1-7-9(17(18)19)6-16-12(11(7)13)15-5-4-8-2-3-10(14)20-8/h2-3,6H,4-5H2,1H3,(H,15,16). The molecule has 5 nitrogen and oxygen atoms in total. The summed E-state index contributed by atoms with van der Waals surface area (Å²) in [7, 11) is 0. The van der Waals surface area contributed by atoms with Crippen LogP contribution in [0.2, 0.25) is 4.34 Å². The third-order valence-corrected chi connectivity index (χ3v) is 4.99. The molecule has 2 aromatic rings. The van der Waals surface area contributed by atoms with Crippen LogP contribution in [-0.2, 0) is 6.42 Å². The van der Waals surface area contributed by atoms with Crippen LogP contribution in [-0.4, -0.2) is 16.5 Å². The van der Waals surface area contributed by atoms with Gasteiger partial charge in [-0.25, -0.2) is 4.98 Å². The predicted octanol–water partition coefficient (Wildman–Crippen LogP) is 4.43. The maximum absolute atomic E-state index is 10.8. The molecule has 0 bridgehead atoms. The van der Waals surface area contributed by atoms with Gasteiger partial charge in [-0.15, -0.1) is 11.3 Å². The largest absolute Gasteiger partial charge is 0.369 e. The SMILES string of the molecule is Cc1c([N+](=O)[O-])cnc(NCCc2ccc(Cl)s2)c1Br. The summed E-state index contributed by atoms with van der Waals surface area (Å²) in [6.45, 7) is 2.37. The van der Waals surface area contributed by atoms with Crippen molar-refractivity contribution in [1.82, 2.24) is 4.98 Å². The van der Waals surface area contributed by atoms with Crippen molar-refractivity contribution in [1.29, 1.82) is 0 Å². The molecule has 0 fully saturated rings. The molecule has 0 aromatic carbocycles. The highest BCUT2D eigenvalue weighted by Crippen LogP contribution is 2.30. The quantitative estimate of drug-likeness (QED) is 0.619. The van der Waals surface area contributed by atoms with Gasteiger partial charge in [0.1, 0.15) is 12.0 Å². The molecule has 1 N–H and O–H groups in total. The summed E-state index contributed by atoms with van der Waals surface area (Å²) in [5.74, 6) is 0.607. The zero-order valence-electron chi connectivity index (χ0n) is 10.5. The van der Waals surface area contributed by atoms with E-state index in [1.54, 1.807) is 18.3 Å². The summed E-state index contributed by atoms with van der Waals surface area (Å²) < 4.78 is 1.39. The zero-order chi connectivity index (χ0) is 14.7. The fourth-order valence-electron chi connectivity index (χ4n) is 1.67. The Labute approximate surface area is 133 Å². The highest BCUT2D eigenvalue weighted by Gasteiger charge is 2.16. The van der Waals surface area contributed by atoms with Gasteiger partial charge in [-0.2, -0.15) is 0 Å². The van der Waals surface area contributed by atoms with Crippen LogP contribution >= 0.6 is 38.9 Å². The average Bonchev–Trinajstić information content (AvgIpc) is 2.80. The first kappa shape index (κ1) is 15.2. The molecule has 0 saturated heterocycles. The van der Waals surface area contributed by atoms with E-state index >= 15 is 0 Å². The number of hydrogen-bond acceptors (Lipinski definition) is 5. The Kier molecular flexibility index (Phi) is 4.95. The highest BCUT2D eigenvalue weighted by molar-refractivity contribution is 9.10. The fraction of sp³-hybridized carbons (Fsp3) is 0.250. The van der Waals surface area contributed by atoms with E-state index < -0.39 is 4.92 Å². The summed E-state index contributed by atoms with van der Waals surface area (Å²) in [6.07, 6.45) is 2.09. The summed E-state index contributed by atoms with van der Waals surface area (Å²) in [5, 5.41) is 14.0. The van der Waals surface area contributed by atoms with Gasteiger partial charge < -0.3 is 5.32 Å². The number of pyridine rings is 1. The van der Waals surface area contributed by atoms with Crippen molar-refractivity contribution >= 4 is 50.4 Å². The minimum Gasteiger partial charge on any atom is -0.369 e. The molecule has 2 aromatic heterocycles. The number of thiophene rings is 1. The molecule has 8 heteroatoms. The smallest absolute Gasteiger partial charge is 0.291 e. The van der Waals surface area contributed by atoms with Gasteiger partial charge in [0.15, 0.2) is 0 Å². The lowest BCUT2D eigenvalue weighted by molar-refractivity contribution is -0.385. The topological polar surface area (TPSA) is 68.1 Å². The van der Waals surface area contributed by atoms with E-state index in [2.05, 4.69) is 26.2 Å². The number of rotatable bonds is 5. The number of nitro groups is 1. The fourth-order valence-corrected chi connectivity index (χ4v) is 3.20. The van der Waals surface area contributed by atoms with E-state index in [0.717, 1.165) is 10.8 Å². The Hall–Kier alpha value is -1.18. The Morgan fingerprint density at radius 3 is 2.90 bits per heavy atom. The summed E-state index contributed by atoms with van der Waals surface area (Å²) >= 11 is 10.7. The maximum Gasteiger partial charge on any atom is 0.291 e. The third kappa shape index (κ3) is 3.47. The van der Waals surface area contributed by atoms with E-state index in [0.29, 0.717) is 22.4 Å². The number of hydrogen-bond donors (Lipinski definition) is 1. The van der Waals surface area contributed by atoms with Gasteiger partial charge in [0.25, 0.3) is 5.69 Å². The Bertz CT molecular complexity index is 648. The van der Waals surface area contributed by atoms with Crippen LogP contribution in [0.3, 0.4) is 0 Å². The van der Waals surface area contributed by atoms with Crippen LogP contribution in [0.1, 0.15) is 10.4 Å². The number of halogens is 2. The molecule has 106 valence electrons. The van der Waals surface area contributed by atoms with Crippen molar-refractivity contribution in [2.24, 2.45) is 0 Å². The molecule has 2 heterocycles. The summed E-state index contributed by atoms with van der Waals surface area (Å²) in [6, 6.07) is 3.85. The number of nitrogens with zero attached hydrogens (tertiary/aromatic N) is 2. The molecule has 0 unspecified atom stereocenters. The van der Waals surface area contributed by atoms with Gasteiger partial charge >= 0.3 is 0 Å². The van der Waals surface area contributed by atoms with Gasteiger partial charge in [0, 0.05) is 17.0 Å². The maximum atomic E-state index is 10.8. The Morgan fingerprint density at radius 1 is 1.55 bits per heavy atom. The lowest BCUT2D eigenvalue weighted by Gasteiger charge is -2.08. The van der Waals surface area contributed by atoms with Crippen molar-refractivity contribution in [2.75, 3.05) is 11.9 Å². The molecule has 2 rings (SSSR count). The molecule has 0 spiro atoms. The van der Waals surface area contributed by atoms with Gasteiger partial charge in [-0.05, 0) is 41.4 Å². The average molecular weight is 377 g/mol. The first-order valence-corrected chi connectivity index (χ1v) is 7.75. The molecule has 0 aliphatic carbocycles. The highest BCUT2D eigenvalue weighted by atomic mass is 79.9. The van der Waals surface area contributed by atoms with Crippen LogP contribution < -0.4 is 5.32 Å².